The first-order valence-corrected chi connectivity index (χ1v) is 7.58. The van der Waals surface area contributed by atoms with E-state index in [9.17, 15) is 4.79 Å². The second-order valence-electron chi connectivity index (χ2n) is 5.09. The number of hydrogen-bond donors (Lipinski definition) is 0. The smallest absolute Gasteiger partial charge is 0.415 e. The zero-order chi connectivity index (χ0) is 16.1. The molecule has 23 heavy (non-hydrogen) atoms. The summed E-state index contributed by atoms with van der Waals surface area (Å²) < 4.78 is 5.15. The van der Waals surface area contributed by atoms with Crippen molar-refractivity contribution in [3.63, 3.8) is 0 Å². The molecular weight excluding hydrogens is 286 g/mol. The molecule has 1 atom stereocenters. The normalized spacial score (nSPS) is 15.3. The average Bonchev–Trinajstić information content (AvgIpc) is 2.60. The Bertz CT molecular complexity index is 784. The van der Waals surface area contributed by atoms with Crippen LogP contribution >= 0.6 is 0 Å². The summed E-state index contributed by atoms with van der Waals surface area (Å²) in [6.07, 6.45) is 3.27. The van der Waals surface area contributed by atoms with Crippen LogP contribution in [0.1, 0.15) is 29.7 Å². The van der Waals surface area contributed by atoms with Crippen molar-refractivity contribution in [2.45, 2.75) is 13.0 Å². The maximum atomic E-state index is 12.2. The maximum Gasteiger partial charge on any atom is 0.415 e. The molecule has 3 rings (SSSR count). The van der Waals surface area contributed by atoms with Gasteiger partial charge in [0.2, 0.25) is 0 Å². The number of hydrogen-bond acceptors (Lipinski definition) is 2. The van der Waals surface area contributed by atoms with Gasteiger partial charge in [0.25, 0.3) is 0 Å². The summed E-state index contributed by atoms with van der Waals surface area (Å²) >= 11 is 0. The molecule has 3 nitrogen and oxygen atoms in total. The van der Waals surface area contributed by atoms with Crippen molar-refractivity contribution < 1.29 is 9.53 Å². The van der Waals surface area contributed by atoms with Crippen LogP contribution in [0.15, 0.2) is 60.8 Å². The predicted octanol–water partition coefficient (Wildman–Crippen LogP) is 4.22. The highest BCUT2D eigenvalue weighted by atomic mass is 16.6. The van der Waals surface area contributed by atoms with Crippen LogP contribution in [-0.2, 0) is 4.74 Å². The third-order valence-corrected chi connectivity index (χ3v) is 3.59. The molecule has 3 heteroatoms. The molecule has 2 aromatic rings. The summed E-state index contributed by atoms with van der Waals surface area (Å²) in [4.78, 5) is 13.8. The number of rotatable bonds is 1. The van der Waals surface area contributed by atoms with E-state index in [4.69, 9.17) is 4.74 Å². The summed E-state index contributed by atoms with van der Waals surface area (Å²) in [6, 6.07) is 17.3. The molecule has 2 aromatic carbocycles. The van der Waals surface area contributed by atoms with Crippen LogP contribution in [-0.4, -0.2) is 17.6 Å². The van der Waals surface area contributed by atoms with E-state index in [0.717, 1.165) is 16.7 Å². The second-order valence-corrected chi connectivity index (χ2v) is 5.09. The SMILES string of the molecule is CCOC(=O)N1C=Cc2ccccc2C1C#Cc1ccccc1. The number of nitrogens with zero attached hydrogens (tertiary/aromatic N) is 1. The Morgan fingerprint density at radius 2 is 1.87 bits per heavy atom. The van der Waals surface area contributed by atoms with E-state index in [2.05, 4.69) is 11.8 Å². The van der Waals surface area contributed by atoms with Gasteiger partial charge in [0.15, 0.2) is 0 Å². The molecule has 0 saturated carbocycles. The number of benzene rings is 2. The average molecular weight is 303 g/mol. The maximum absolute atomic E-state index is 12.2. The lowest BCUT2D eigenvalue weighted by Gasteiger charge is -2.28. The van der Waals surface area contributed by atoms with Gasteiger partial charge < -0.3 is 4.74 Å². The van der Waals surface area contributed by atoms with Crippen molar-refractivity contribution in [2.24, 2.45) is 0 Å². The van der Waals surface area contributed by atoms with E-state index in [1.54, 1.807) is 18.0 Å². The first-order chi connectivity index (χ1) is 11.3. The third kappa shape index (κ3) is 3.27. The Kier molecular flexibility index (Phi) is 4.44. The highest BCUT2D eigenvalue weighted by Gasteiger charge is 2.27. The van der Waals surface area contributed by atoms with Gasteiger partial charge in [0, 0.05) is 11.8 Å². The first-order valence-electron chi connectivity index (χ1n) is 7.58. The quantitative estimate of drug-likeness (QED) is 0.738. The molecule has 0 radical (unpaired) electrons. The lowest BCUT2D eigenvalue weighted by molar-refractivity contribution is 0.116. The molecule has 1 amide bonds. The molecule has 0 saturated heterocycles. The number of fused-ring (bicyclic) bond motifs is 1. The van der Waals surface area contributed by atoms with E-state index in [1.165, 1.54) is 0 Å². The highest BCUT2D eigenvalue weighted by Crippen LogP contribution is 2.30. The number of ether oxygens (including phenoxy) is 1. The molecule has 0 spiro atoms. The van der Waals surface area contributed by atoms with E-state index < -0.39 is 0 Å². The van der Waals surface area contributed by atoms with Crippen LogP contribution in [0.4, 0.5) is 4.79 Å². The molecule has 0 aromatic heterocycles. The van der Waals surface area contributed by atoms with Crippen LogP contribution in [0.2, 0.25) is 0 Å². The van der Waals surface area contributed by atoms with Crippen molar-refractivity contribution in [1.29, 1.82) is 0 Å². The summed E-state index contributed by atoms with van der Waals surface area (Å²) in [5.74, 6) is 6.36. The van der Waals surface area contributed by atoms with Crippen molar-refractivity contribution in [1.82, 2.24) is 4.90 Å². The molecule has 0 fully saturated rings. The second kappa shape index (κ2) is 6.85. The van der Waals surface area contributed by atoms with Gasteiger partial charge in [-0.15, -0.1) is 0 Å². The van der Waals surface area contributed by atoms with Crippen LogP contribution < -0.4 is 0 Å². The van der Waals surface area contributed by atoms with Crippen LogP contribution in [0.5, 0.6) is 0 Å². The monoisotopic (exact) mass is 303 g/mol. The molecule has 0 aliphatic carbocycles. The summed E-state index contributed by atoms with van der Waals surface area (Å²) in [5.41, 5.74) is 3.00. The molecule has 1 heterocycles. The predicted molar refractivity (Wildman–Crippen MR) is 90.4 cm³/mol. The Balaban J connectivity index is 1.99. The van der Waals surface area contributed by atoms with Crippen molar-refractivity contribution in [2.75, 3.05) is 6.61 Å². The minimum Gasteiger partial charge on any atom is -0.449 e. The Labute approximate surface area is 136 Å². The van der Waals surface area contributed by atoms with E-state index in [-0.39, 0.29) is 12.1 Å². The molecule has 1 aliphatic rings. The van der Waals surface area contributed by atoms with Crippen molar-refractivity contribution in [3.05, 3.63) is 77.5 Å². The van der Waals surface area contributed by atoms with Gasteiger partial charge in [0.1, 0.15) is 6.04 Å². The summed E-state index contributed by atoms with van der Waals surface area (Å²) in [7, 11) is 0. The molecule has 0 bridgehead atoms. The molecule has 114 valence electrons. The molecule has 1 aliphatic heterocycles. The van der Waals surface area contributed by atoms with E-state index in [0.29, 0.717) is 6.61 Å². The van der Waals surface area contributed by atoms with Gasteiger partial charge in [-0.05, 0) is 36.3 Å². The standard InChI is InChI=1S/C20H17NO2/c1-2-23-20(22)21-15-14-17-10-6-7-11-18(17)19(21)13-12-16-8-4-3-5-9-16/h3-11,14-15,19H,2H2,1H3. The van der Waals surface area contributed by atoms with Gasteiger partial charge in [-0.2, -0.15) is 0 Å². The minimum atomic E-state index is -0.384. The van der Waals surface area contributed by atoms with Gasteiger partial charge in [-0.3, -0.25) is 4.90 Å². The molecular formula is C20H17NO2. The fourth-order valence-electron chi connectivity index (χ4n) is 2.49. The van der Waals surface area contributed by atoms with Gasteiger partial charge in [0.05, 0.1) is 6.61 Å². The topological polar surface area (TPSA) is 29.5 Å². The van der Waals surface area contributed by atoms with Gasteiger partial charge in [-0.1, -0.05) is 54.3 Å². The number of amides is 1. The lowest BCUT2D eigenvalue weighted by Crippen LogP contribution is -2.32. The highest BCUT2D eigenvalue weighted by molar-refractivity contribution is 5.74. The Morgan fingerprint density at radius 3 is 2.65 bits per heavy atom. The van der Waals surface area contributed by atoms with Crippen LogP contribution in [0, 0.1) is 11.8 Å². The fourth-order valence-corrected chi connectivity index (χ4v) is 2.49. The minimum absolute atomic E-state index is 0.337. The zero-order valence-corrected chi connectivity index (χ0v) is 12.9. The Morgan fingerprint density at radius 1 is 1.13 bits per heavy atom. The summed E-state index contributed by atoms with van der Waals surface area (Å²) in [5, 5.41) is 0. The van der Waals surface area contributed by atoms with E-state index >= 15 is 0 Å². The Hall–Kier alpha value is -2.99. The third-order valence-electron chi connectivity index (χ3n) is 3.59. The lowest BCUT2D eigenvalue weighted by atomic mass is 9.96. The van der Waals surface area contributed by atoms with Crippen LogP contribution in [0.3, 0.4) is 0 Å². The van der Waals surface area contributed by atoms with Gasteiger partial charge >= 0.3 is 6.09 Å². The summed E-state index contributed by atoms with van der Waals surface area (Å²) in [6.45, 7) is 2.13. The largest absolute Gasteiger partial charge is 0.449 e. The van der Waals surface area contributed by atoms with Crippen molar-refractivity contribution >= 4 is 12.2 Å². The molecule has 1 unspecified atom stereocenters. The fraction of sp³-hybridized carbons (Fsp3) is 0.150. The number of carbonyl (C=O) groups is 1. The first kappa shape index (κ1) is 14.9. The zero-order valence-electron chi connectivity index (χ0n) is 12.9. The van der Waals surface area contributed by atoms with Crippen molar-refractivity contribution in [3.8, 4) is 11.8 Å². The van der Waals surface area contributed by atoms with Gasteiger partial charge in [-0.25, -0.2) is 4.79 Å². The molecule has 0 N–H and O–H groups in total. The van der Waals surface area contributed by atoms with E-state index in [1.807, 2.05) is 60.7 Å². The number of carbonyl (C=O) groups excluding carboxylic acids is 1. The van der Waals surface area contributed by atoms with Crippen LogP contribution in [0.25, 0.3) is 6.08 Å².